The number of benzene rings is 1. The van der Waals surface area contributed by atoms with Gasteiger partial charge in [-0.1, -0.05) is 22.4 Å². The van der Waals surface area contributed by atoms with Crippen molar-refractivity contribution in [2.75, 3.05) is 7.11 Å². The molecule has 0 saturated heterocycles. The van der Waals surface area contributed by atoms with Crippen LogP contribution in [0, 0.1) is 5.92 Å². The summed E-state index contributed by atoms with van der Waals surface area (Å²) in [5.41, 5.74) is 0. The van der Waals surface area contributed by atoms with E-state index in [-0.39, 0.29) is 11.9 Å². The second-order valence-corrected chi connectivity index (χ2v) is 4.76. The summed E-state index contributed by atoms with van der Waals surface area (Å²) in [7, 11) is 1.56. The normalized spacial score (nSPS) is 15.4. The molecule has 0 atom stereocenters. The topological polar surface area (TPSA) is 35.5 Å². The van der Waals surface area contributed by atoms with Crippen LogP contribution in [0.4, 0.5) is 0 Å². The Morgan fingerprint density at radius 3 is 2.69 bits per heavy atom. The van der Waals surface area contributed by atoms with E-state index >= 15 is 0 Å². The molecule has 0 heterocycles. The molecule has 1 aromatic carbocycles. The molecule has 86 valence electrons. The average Bonchev–Trinajstić information content (AvgIpc) is 2.15. The molecule has 0 bridgehead atoms. The fraction of sp³-hybridized carbons (Fsp3) is 0.417. The van der Waals surface area contributed by atoms with Crippen molar-refractivity contribution in [1.82, 2.24) is 0 Å². The van der Waals surface area contributed by atoms with Crippen molar-refractivity contribution < 1.29 is 14.3 Å². The standard InChI is InChI=1S/C12H13BrO3/c1-15-10-6-5-9(13)7-11(10)16-12(14)8-3-2-4-8/h5-8H,2-4H2,1H3. The largest absolute Gasteiger partial charge is 0.493 e. The highest BCUT2D eigenvalue weighted by Gasteiger charge is 2.27. The van der Waals surface area contributed by atoms with Crippen molar-refractivity contribution >= 4 is 21.9 Å². The van der Waals surface area contributed by atoms with Crippen LogP contribution in [0.3, 0.4) is 0 Å². The second-order valence-electron chi connectivity index (χ2n) is 3.84. The van der Waals surface area contributed by atoms with E-state index in [4.69, 9.17) is 9.47 Å². The molecular weight excluding hydrogens is 272 g/mol. The van der Waals surface area contributed by atoms with E-state index in [0.29, 0.717) is 11.5 Å². The van der Waals surface area contributed by atoms with Gasteiger partial charge in [0.15, 0.2) is 11.5 Å². The molecule has 0 unspecified atom stereocenters. The summed E-state index contributed by atoms with van der Waals surface area (Å²) in [6.45, 7) is 0. The Hall–Kier alpha value is -1.03. The quantitative estimate of drug-likeness (QED) is 0.632. The van der Waals surface area contributed by atoms with E-state index in [9.17, 15) is 4.79 Å². The number of rotatable bonds is 3. The minimum absolute atomic E-state index is 0.0729. The van der Waals surface area contributed by atoms with E-state index in [1.165, 1.54) is 0 Å². The van der Waals surface area contributed by atoms with E-state index in [0.717, 1.165) is 23.7 Å². The molecule has 1 aliphatic carbocycles. The van der Waals surface area contributed by atoms with Gasteiger partial charge in [-0.2, -0.15) is 0 Å². The van der Waals surface area contributed by atoms with Gasteiger partial charge in [-0.15, -0.1) is 0 Å². The third-order valence-electron chi connectivity index (χ3n) is 2.77. The molecule has 2 rings (SSSR count). The lowest BCUT2D eigenvalue weighted by Crippen LogP contribution is -2.26. The van der Waals surface area contributed by atoms with Gasteiger partial charge in [0.1, 0.15) is 0 Å². The van der Waals surface area contributed by atoms with E-state index in [1.807, 2.05) is 6.07 Å². The first-order valence-electron chi connectivity index (χ1n) is 5.26. The number of esters is 1. The van der Waals surface area contributed by atoms with Crippen LogP contribution in [0.2, 0.25) is 0 Å². The van der Waals surface area contributed by atoms with Crippen molar-refractivity contribution in [3.8, 4) is 11.5 Å². The highest BCUT2D eigenvalue weighted by molar-refractivity contribution is 9.10. The molecule has 1 aliphatic rings. The molecule has 0 spiro atoms. The number of ether oxygens (including phenoxy) is 2. The van der Waals surface area contributed by atoms with Gasteiger partial charge in [-0.25, -0.2) is 0 Å². The summed E-state index contributed by atoms with van der Waals surface area (Å²) in [5, 5.41) is 0. The van der Waals surface area contributed by atoms with Crippen LogP contribution in [-0.2, 0) is 4.79 Å². The van der Waals surface area contributed by atoms with Gasteiger partial charge < -0.3 is 9.47 Å². The maximum absolute atomic E-state index is 11.7. The second kappa shape index (κ2) is 4.87. The van der Waals surface area contributed by atoms with Gasteiger partial charge in [-0.3, -0.25) is 4.79 Å². The summed E-state index contributed by atoms with van der Waals surface area (Å²) in [4.78, 5) is 11.7. The summed E-state index contributed by atoms with van der Waals surface area (Å²) < 4.78 is 11.3. The Kier molecular flexibility index (Phi) is 3.49. The molecule has 0 aromatic heterocycles. The molecule has 0 amide bonds. The van der Waals surface area contributed by atoms with Gasteiger partial charge in [-0.05, 0) is 31.0 Å². The SMILES string of the molecule is COc1ccc(Br)cc1OC(=O)C1CCC1. The smallest absolute Gasteiger partial charge is 0.314 e. The summed E-state index contributed by atoms with van der Waals surface area (Å²) >= 11 is 3.34. The van der Waals surface area contributed by atoms with E-state index < -0.39 is 0 Å². The van der Waals surface area contributed by atoms with Crippen LogP contribution in [-0.4, -0.2) is 13.1 Å². The molecule has 3 nitrogen and oxygen atoms in total. The maximum Gasteiger partial charge on any atom is 0.314 e. The first-order chi connectivity index (χ1) is 7.70. The van der Waals surface area contributed by atoms with E-state index in [2.05, 4.69) is 15.9 Å². The van der Waals surface area contributed by atoms with Crippen molar-refractivity contribution in [2.24, 2.45) is 5.92 Å². The number of hydrogen-bond donors (Lipinski definition) is 0. The fourth-order valence-electron chi connectivity index (χ4n) is 1.57. The zero-order chi connectivity index (χ0) is 11.5. The summed E-state index contributed by atoms with van der Waals surface area (Å²) in [6.07, 6.45) is 3.00. The number of hydrogen-bond acceptors (Lipinski definition) is 3. The van der Waals surface area contributed by atoms with Crippen LogP contribution < -0.4 is 9.47 Å². The third kappa shape index (κ3) is 2.38. The third-order valence-corrected chi connectivity index (χ3v) is 3.27. The Balaban J connectivity index is 2.12. The molecule has 0 aliphatic heterocycles. The molecule has 16 heavy (non-hydrogen) atoms. The number of carbonyl (C=O) groups is 1. The van der Waals surface area contributed by atoms with Crippen LogP contribution >= 0.6 is 15.9 Å². The van der Waals surface area contributed by atoms with Crippen LogP contribution in [0.15, 0.2) is 22.7 Å². The first-order valence-corrected chi connectivity index (χ1v) is 6.05. The Bertz CT molecular complexity index is 399. The van der Waals surface area contributed by atoms with Crippen molar-refractivity contribution in [2.45, 2.75) is 19.3 Å². The van der Waals surface area contributed by atoms with Crippen LogP contribution in [0.5, 0.6) is 11.5 Å². The fourth-order valence-corrected chi connectivity index (χ4v) is 1.91. The minimum Gasteiger partial charge on any atom is -0.493 e. The maximum atomic E-state index is 11.7. The van der Waals surface area contributed by atoms with Crippen LogP contribution in [0.1, 0.15) is 19.3 Å². The average molecular weight is 285 g/mol. The zero-order valence-corrected chi connectivity index (χ0v) is 10.6. The van der Waals surface area contributed by atoms with Gasteiger partial charge in [0.2, 0.25) is 0 Å². The molecule has 1 fully saturated rings. The molecular formula is C12H13BrO3. The van der Waals surface area contributed by atoms with Gasteiger partial charge in [0.25, 0.3) is 0 Å². The molecule has 4 heteroatoms. The summed E-state index contributed by atoms with van der Waals surface area (Å²) in [6, 6.07) is 5.36. The number of carbonyl (C=O) groups excluding carboxylic acids is 1. The Labute approximate surface area is 103 Å². The Morgan fingerprint density at radius 1 is 1.38 bits per heavy atom. The van der Waals surface area contributed by atoms with Gasteiger partial charge in [0, 0.05) is 4.47 Å². The van der Waals surface area contributed by atoms with Gasteiger partial charge in [0.05, 0.1) is 13.0 Å². The number of halogens is 1. The molecule has 0 N–H and O–H groups in total. The highest BCUT2D eigenvalue weighted by atomic mass is 79.9. The predicted molar refractivity (Wildman–Crippen MR) is 63.7 cm³/mol. The predicted octanol–water partition coefficient (Wildman–Crippen LogP) is 3.16. The molecule has 1 aromatic rings. The lowest BCUT2D eigenvalue weighted by Gasteiger charge is -2.23. The molecule has 0 radical (unpaired) electrons. The van der Waals surface area contributed by atoms with Crippen molar-refractivity contribution in [3.05, 3.63) is 22.7 Å². The van der Waals surface area contributed by atoms with Crippen molar-refractivity contribution in [3.63, 3.8) is 0 Å². The first kappa shape index (κ1) is 11.5. The lowest BCUT2D eigenvalue weighted by atomic mass is 9.86. The van der Waals surface area contributed by atoms with E-state index in [1.54, 1.807) is 19.2 Å². The number of methoxy groups -OCH3 is 1. The van der Waals surface area contributed by atoms with Crippen molar-refractivity contribution in [1.29, 1.82) is 0 Å². The minimum atomic E-state index is -0.150. The van der Waals surface area contributed by atoms with Crippen LogP contribution in [0.25, 0.3) is 0 Å². The Morgan fingerprint density at radius 2 is 2.12 bits per heavy atom. The van der Waals surface area contributed by atoms with Gasteiger partial charge >= 0.3 is 5.97 Å². The summed E-state index contributed by atoms with van der Waals surface area (Å²) in [5.74, 6) is 0.982. The molecule has 1 saturated carbocycles. The lowest BCUT2D eigenvalue weighted by molar-refractivity contribution is -0.141. The monoisotopic (exact) mass is 284 g/mol. The highest BCUT2D eigenvalue weighted by Crippen LogP contribution is 2.33. The zero-order valence-electron chi connectivity index (χ0n) is 9.03.